The highest BCUT2D eigenvalue weighted by atomic mass is 35.5. The van der Waals surface area contributed by atoms with E-state index in [1.54, 1.807) is 0 Å². The van der Waals surface area contributed by atoms with Crippen molar-refractivity contribution in [3.63, 3.8) is 0 Å². The first-order chi connectivity index (χ1) is 8.16. The van der Waals surface area contributed by atoms with Crippen LogP contribution in [-0.2, 0) is 11.2 Å². The number of hydrogen-bond acceptors (Lipinski definition) is 3. The zero-order valence-electron chi connectivity index (χ0n) is 9.44. The normalized spacial score (nSPS) is 12.6. The van der Waals surface area contributed by atoms with Gasteiger partial charge in [0.2, 0.25) is 5.91 Å². The van der Waals surface area contributed by atoms with Gasteiger partial charge in [-0.3, -0.25) is 4.79 Å². The lowest BCUT2D eigenvalue weighted by atomic mass is 10.1. The fourth-order valence-corrected chi connectivity index (χ4v) is 1.61. The minimum absolute atomic E-state index is 0.0759. The summed E-state index contributed by atoms with van der Waals surface area (Å²) in [4.78, 5) is 11.6. The summed E-state index contributed by atoms with van der Waals surface area (Å²) in [5.74, 6) is -0.100. The van der Waals surface area contributed by atoms with Gasteiger partial charge in [0.05, 0.1) is 6.42 Å². The Bertz CT molecular complexity index is 522. The third-order valence-corrected chi connectivity index (χ3v) is 2.51. The van der Waals surface area contributed by atoms with Crippen LogP contribution in [0.3, 0.4) is 0 Å². The molecule has 0 aliphatic carbocycles. The number of halogens is 1. The summed E-state index contributed by atoms with van der Waals surface area (Å²) in [6, 6.07) is 7.47. The molecular weight excluding hydrogens is 240 g/mol. The van der Waals surface area contributed by atoms with Gasteiger partial charge in [-0.15, -0.1) is 11.6 Å². The van der Waals surface area contributed by atoms with Gasteiger partial charge in [-0.05, 0) is 19.1 Å². The number of amides is 1. The van der Waals surface area contributed by atoms with Gasteiger partial charge in [0.1, 0.15) is 5.69 Å². The molecule has 1 aromatic carbocycles. The Kier molecular flexibility index (Phi) is 3.64. The number of nitrogens with zero attached hydrogens (tertiary/aromatic N) is 1. The maximum Gasteiger partial charge on any atom is 0.226 e. The first-order valence-corrected chi connectivity index (χ1v) is 5.84. The molecule has 1 N–H and O–H groups in total. The number of nitrogens with one attached hydrogen (secondary N) is 1. The monoisotopic (exact) mass is 252 g/mol. The number of hydrogen-bond donors (Lipinski definition) is 1. The molecule has 0 bridgehead atoms. The maximum absolute atomic E-state index is 11.6. The van der Waals surface area contributed by atoms with Gasteiger partial charge in [-0.1, -0.05) is 17.3 Å². The average molecular weight is 253 g/mol. The summed E-state index contributed by atoms with van der Waals surface area (Å²) < 4.78 is 5.12. The van der Waals surface area contributed by atoms with Gasteiger partial charge in [-0.2, -0.15) is 0 Å². The van der Waals surface area contributed by atoms with Crippen molar-refractivity contribution in [2.75, 3.05) is 6.54 Å². The molecule has 1 unspecified atom stereocenters. The molecule has 2 rings (SSSR count). The molecule has 17 heavy (non-hydrogen) atoms. The van der Waals surface area contributed by atoms with E-state index in [4.69, 9.17) is 16.1 Å². The van der Waals surface area contributed by atoms with Gasteiger partial charge >= 0.3 is 0 Å². The van der Waals surface area contributed by atoms with Crippen LogP contribution in [0.1, 0.15) is 12.6 Å². The molecule has 4 nitrogen and oxygen atoms in total. The van der Waals surface area contributed by atoms with E-state index < -0.39 is 0 Å². The van der Waals surface area contributed by atoms with Crippen molar-refractivity contribution in [2.45, 2.75) is 18.7 Å². The Morgan fingerprint density at radius 2 is 2.29 bits per heavy atom. The predicted octanol–water partition coefficient (Wildman–Crippen LogP) is 2.11. The van der Waals surface area contributed by atoms with Gasteiger partial charge in [0.15, 0.2) is 5.58 Å². The molecule has 0 spiro atoms. The van der Waals surface area contributed by atoms with Gasteiger partial charge in [0, 0.05) is 17.3 Å². The Hall–Kier alpha value is -1.55. The molecule has 0 saturated heterocycles. The van der Waals surface area contributed by atoms with Crippen molar-refractivity contribution in [3.8, 4) is 0 Å². The third-order valence-electron chi connectivity index (χ3n) is 2.36. The number of carbonyl (C=O) groups is 1. The number of carbonyl (C=O) groups excluding carboxylic acids is 1. The highest BCUT2D eigenvalue weighted by molar-refractivity contribution is 6.20. The molecule has 1 heterocycles. The Labute approximate surface area is 104 Å². The molecule has 90 valence electrons. The molecule has 1 amide bonds. The summed E-state index contributed by atoms with van der Waals surface area (Å²) in [6.45, 7) is 2.28. The van der Waals surface area contributed by atoms with Gasteiger partial charge in [0.25, 0.3) is 0 Å². The van der Waals surface area contributed by atoms with E-state index in [1.165, 1.54) is 0 Å². The van der Waals surface area contributed by atoms with Crippen molar-refractivity contribution in [1.29, 1.82) is 0 Å². The number of aromatic nitrogens is 1. The molecule has 2 aromatic rings. The van der Waals surface area contributed by atoms with Crippen LogP contribution in [0, 0.1) is 0 Å². The SMILES string of the molecule is CC(Cl)CNC(=O)Cc1noc2ccccc12. The molecule has 0 aliphatic rings. The minimum Gasteiger partial charge on any atom is -0.356 e. The summed E-state index contributed by atoms with van der Waals surface area (Å²) in [5.41, 5.74) is 1.35. The minimum atomic E-state index is -0.100. The Morgan fingerprint density at radius 3 is 3.06 bits per heavy atom. The van der Waals surface area contributed by atoms with Crippen LogP contribution < -0.4 is 5.32 Å². The predicted molar refractivity (Wildman–Crippen MR) is 66.0 cm³/mol. The van der Waals surface area contributed by atoms with Crippen LogP contribution >= 0.6 is 11.6 Å². The molecule has 1 aromatic heterocycles. The molecule has 5 heteroatoms. The van der Waals surface area contributed by atoms with Crippen LogP contribution in [0.2, 0.25) is 0 Å². The van der Waals surface area contributed by atoms with Crippen molar-refractivity contribution in [2.24, 2.45) is 0 Å². The van der Waals surface area contributed by atoms with E-state index >= 15 is 0 Å². The van der Waals surface area contributed by atoms with Gasteiger partial charge < -0.3 is 9.84 Å². The fraction of sp³-hybridized carbons (Fsp3) is 0.333. The Morgan fingerprint density at radius 1 is 1.53 bits per heavy atom. The van der Waals surface area contributed by atoms with Crippen molar-refractivity contribution in [3.05, 3.63) is 30.0 Å². The lowest BCUT2D eigenvalue weighted by molar-refractivity contribution is -0.120. The van der Waals surface area contributed by atoms with Crippen molar-refractivity contribution < 1.29 is 9.32 Å². The highest BCUT2D eigenvalue weighted by Gasteiger charge is 2.11. The van der Waals surface area contributed by atoms with E-state index in [9.17, 15) is 4.79 Å². The first-order valence-electron chi connectivity index (χ1n) is 5.41. The van der Waals surface area contributed by atoms with E-state index in [0.717, 1.165) is 5.39 Å². The topological polar surface area (TPSA) is 55.1 Å². The van der Waals surface area contributed by atoms with E-state index in [0.29, 0.717) is 17.8 Å². The first kappa shape index (κ1) is 11.9. The van der Waals surface area contributed by atoms with E-state index in [1.807, 2.05) is 31.2 Å². The van der Waals surface area contributed by atoms with Crippen LogP contribution in [0.4, 0.5) is 0 Å². The summed E-state index contributed by atoms with van der Waals surface area (Å²) in [5, 5.41) is 7.43. The lowest BCUT2D eigenvalue weighted by Crippen LogP contribution is -2.29. The fourth-order valence-electron chi connectivity index (χ4n) is 1.53. The third kappa shape index (κ3) is 2.97. The number of fused-ring (bicyclic) bond motifs is 1. The second kappa shape index (κ2) is 5.19. The summed E-state index contributed by atoms with van der Waals surface area (Å²) in [7, 11) is 0. The van der Waals surface area contributed by atoms with Crippen molar-refractivity contribution >= 4 is 28.5 Å². The van der Waals surface area contributed by atoms with E-state index in [-0.39, 0.29) is 17.7 Å². The molecule has 0 saturated carbocycles. The zero-order valence-corrected chi connectivity index (χ0v) is 10.2. The average Bonchev–Trinajstić information content (AvgIpc) is 2.70. The number of rotatable bonds is 4. The molecule has 0 aliphatic heterocycles. The largest absolute Gasteiger partial charge is 0.356 e. The van der Waals surface area contributed by atoms with Crippen LogP contribution in [0.25, 0.3) is 11.0 Å². The lowest BCUT2D eigenvalue weighted by Gasteiger charge is -2.04. The quantitative estimate of drug-likeness (QED) is 0.848. The molecular formula is C12H13ClN2O2. The van der Waals surface area contributed by atoms with Crippen LogP contribution in [-0.4, -0.2) is 23.0 Å². The number of benzene rings is 1. The molecule has 0 radical (unpaired) electrons. The number of para-hydroxylation sites is 1. The number of alkyl halides is 1. The zero-order chi connectivity index (χ0) is 12.3. The molecule has 0 fully saturated rings. The summed E-state index contributed by atoms with van der Waals surface area (Å²) in [6.07, 6.45) is 0.209. The van der Waals surface area contributed by atoms with Crippen LogP contribution in [0.15, 0.2) is 28.8 Å². The Balaban J connectivity index is 2.06. The summed E-state index contributed by atoms with van der Waals surface area (Å²) >= 11 is 5.75. The smallest absolute Gasteiger partial charge is 0.226 e. The van der Waals surface area contributed by atoms with E-state index in [2.05, 4.69) is 10.5 Å². The van der Waals surface area contributed by atoms with Crippen LogP contribution in [0.5, 0.6) is 0 Å². The van der Waals surface area contributed by atoms with Gasteiger partial charge in [-0.25, -0.2) is 0 Å². The second-order valence-corrected chi connectivity index (χ2v) is 4.63. The standard InChI is InChI=1S/C12H13ClN2O2/c1-8(13)7-14-12(16)6-10-9-4-2-3-5-11(9)17-15-10/h2-5,8H,6-7H2,1H3,(H,14,16). The maximum atomic E-state index is 11.6. The second-order valence-electron chi connectivity index (χ2n) is 3.89. The highest BCUT2D eigenvalue weighted by Crippen LogP contribution is 2.17. The van der Waals surface area contributed by atoms with Crippen molar-refractivity contribution in [1.82, 2.24) is 10.5 Å². The molecule has 1 atom stereocenters.